The van der Waals surface area contributed by atoms with Gasteiger partial charge in [0.05, 0.1) is 6.04 Å². The van der Waals surface area contributed by atoms with Gasteiger partial charge in [0, 0.05) is 19.1 Å². The van der Waals surface area contributed by atoms with Gasteiger partial charge >= 0.3 is 0 Å². The SMILES string of the molecule is CN(C(=O)C1CC2CCCCC2N1)C1CCC1.Cl. The molecule has 0 aromatic heterocycles. The van der Waals surface area contributed by atoms with E-state index in [0.29, 0.717) is 18.0 Å². The van der Waals surface area contributed by atoms with Crippen LogP contribution < -0.4 is 5.32 Å². The van der Waals surface area contributed by atoms with Gasteiger partial charge < -0.3 is 10.2 Å². The molecule has 3 atom stereocenters. The van der Waals surface area contributed by atoms with E-state index in [-0.39, 0.29) is 18.4 Å². The van der Waals surface area contributed by atoms with E-state index in [0.717, 1.165) is 12.3 Å². The number of likely N-dealkylation sites (N-methyl/N-ethyl adjacent to an activating group) is 1. The van der Waals surface area contributed by atoms with Gasteiger partial charge in [0.2, 0.25) is 5.91 Å². The van der Waals surface area contributed by atoms with Crippen molar-refractivity contribution in [3.63, 3.8) is 0 Å². The van der Waals surface area contributed by atoms with E-state index < -0.39 is 0 Å². The number of fused-ring (bicyclic) bond motifs is 1. The van der Waals surface area contributed by atoms with Gasteiger partial charge in [-0.25, -0.2) is 0 Å². The molecule has 1 aliphatic heterocycles. The van der Waals surface area contributed by atoms with Crippen LogP contribution in [0.2, 0.25) is 0 Å². The first-order valence-corrected chi connectivity index (χ1v) is 7.28. The van der Waals surface area contributed by atoms with Gasteiger partial charge in [-0.05, 0) is 44.4 Å². The highest BCUT2D eigenvalue weighted by Gasteiger charge is 2.40. The Bertz CT molecular complexity index is 292. The summed E-state index contributed by atoms with van der Waals surface area (Å²) < 4.78 is 0. The first-order chi connectivity index (χ1) is 8.25. The number of carbonyl (C=O) groups excluding carboxylic acids is 1. The van der Waals surface area contributed by atoms with E-state index in [1.807, 2.05) is 11.9 Å². The number of rotatable bonds is 2. The van der Waals surface area contributed by atoms with Crippen molar-refractivity contribution in [2.24, 2.45) is 5.92 Å². The van der Waals surface area contributed by atoms with Gasteiger partial charge in [-0.1, -0.05) is 12.8 Å². The van der Waals surface area contributed by atoms with E-state index in [1.54, 1.807) is 0 Å². The van der Waals surface area contributed by atoms with Crippen molar-refractivity contribution >= 4 is 18.3 Å². The molecule has 3 nitrogen and oxygen atoms in total. The van der Waals surface area contributed by atoms with Crippen molar-refractivity contribution in [3.05, 3.63) is 0 Å². The second-order valence-electron chi connectivity index (χ2n) is 6.14. The Morgan fingerprint density at radius 1 is 1.11 bits per heavy atom. The summed E-state index contributed by atoms with van der Waals surface area (Å²) in [6.45, 7) is 0. The maximum atomic E-state index is 12.4. The Kier molecular flexibility index (Phi) is 4.54. The fraction of sp³-hybridized carbons (Fsp3) is 0.929. The molecule has 1 heterocycles. The van der Waals surface area contributed by atoms with Gasteiger partial charge in [0.15, 0.2) is 0 Å². The quantitative estimate of drug-likeness (QED) is 0.837. The van der Waals surface area contributed by atoms with Crippen LogP contribution in [0.1, 0.15) is 51.4 Å². The summed E-state index contributed by atoms with van der Waals surface area (Å²) in [7, 11) is 2.00. The van der Waals surface area contributed by atoms with Crippen molar-refractivity contribution < 1.29 is 4.79 Å². The molecule has 0 spiro atoms. The number of hydrogen-bond acceptors (Lipinski definition) is 2. The second kappa shape index (κ2) is 5.79. The minimum Gasteiger partial charge on any atom is -0.341 e. The Labute approximate surface area is 116 Å². The van der Waals surface area contributed by atoms with Crippen LogP contribution in [0, 0.1) is 5.92 Å². The molecule has 0 bridgehead atoms. The topological polar surface area (TPSA) is 32.3 Å². The molecular formula is C14H25ClN2O. The molecule has 18 heavy (non-hydrogen) atoms. The predicted molar refractivity (Wildman–Crippen MR) is 74.9 cm³/mol. The molecule has 3 unspecified atom stereocenters. The zero-order chi connectivity index (χ0) is 11.8. The zero-order valence-electron chi connectivity index (χ0n) is 11.2. The minimum atomic E-state index is 0. The summed E-state index contributed by atoms with van der Waals surface area (Å²) in [5.41, 5.74) is 0. The van der Waals surface area contributed by atoms with Crippen molar-refractivity contribution in [1.82, 2.24) is 10.2 Å². The zero-order valence-corrected chi connectivity index (χ0v) is 12.0. The molecule has 0 aromatic carbocycles. The molecule has 4 heteroatoms. The van der Waals surface area contributed by atoms with Crippen LogP contribution in [0.5, 0.6) is 0 Å². The molecule has 2 aliphatic carbocycles. The monoisotopic (exact) mass is 272 g/mol. The predicted octanol–water partition coefficient (Wildman–Crippen LogP) is 2.34. The largest absolute Gasteiger partial charge is 0.341 e. The van der Waals surface area contributed by atoms with E-state index in [1.165, 1.54) is 44.9 Å². The number of nitrogens with one attached hydrogen (secondary N) is 1. The van der Waals surface area contributed by atoms with Crippen LogP contribution in [-0.2, 0) is 4.79 Å². The number of nitrogens with zero attached hydrogens (tertiary/aromatic N) is 1. The maximum Gasteiger partial charge on any atom is 0.239 e. The Morgan fingerprint density at radius 3 is 2.44 bits per heavy atom. The fourth-order valence-corrected chi connectivity index (χ4v) is 3.71. The lowest BCUT2D eigenvalue weighted by Crippen LogP contribution is -2.49. The normalized spacial score (nSPS) is 35.3. The standard InChI is InChI=1S/C14H24N2O.ClH/c1-16(11-6-4-7-11)14(17)13-9-10-5-2-3-8-12(10)15-13;/h10-13,15H,2-9H2,1H3;1H. The van der Waals surface area contributed by atoms with Crippen LogP contribution in [0.3, 0.4) is 0 Å². The number of halogens is 1. The Morgan fingerprint density at radius 2 is 1.83 bits per heavy atom. The minimum absolute atomic E-state index is 0. The molecule has 3 aliphatic rings. The molecule has 0 radical (unpaired) electrons. The first-order valence-electron chi connectivity index (χ1n) is 7.28. The fourth-order valence-electron chi connectivity index (χ4n) is 3.71. The van der Waals surface area contributed by atoms with E-state index in [4.69, 9.17) is 0 Å². The smallest absolute Gasteiger partial charge is 0.239 e. The third-order valence-corrected chi connectivity index (χ3v) is 5.13. The molecule has 1 N–H and O–H groups in total. The van der Waals surface area contributed by atoms with Crippen molar-refractivity contribution in [2.45, 2.75) is 69.5 Å². The van der Waals surface area contributed by atoms with Crippen LogP contribution in [0.25, 0.3) is 0 Å². The Balaban J connectivity index is 0.00000120. The van der Waals surface area contributed by atoms with Gasteiger partial charge in [-0.15, -0.1) is 12.4 Å². The molecule has 3 rings (SSSR count). The lowest BCUT2D eigenvalue weighted by atomic mass is 9.85. The van der Waals surface area contributed by atoms with Gasteiger partial charge in [0.1, 0.15) is 0 Å². The number of amides is 1. The van der Waals surface area contributed by atoms with Crippen LogP contribution >= 0.6 is 12.4 Å². The molecule has 3 fully saturated rings. The highest BCUT2D eigenvalue weighted by Crippen LogP contribution is 2.34. The van der Waals surface area contributed by atoms with Crippen LogP contribution in [-0.4, -0.2) is 36.0 Å². The highest BCUT2D eigenvalue weighted by atomic mass is 35.5. The number of hydrogen-bond donors (Lipinski definition) is 1. The molecule has 2 saturated carbocycles. The van der Waals surface area contributed by atoms with Gasteiger partial charge in [-0.3, -0.25) is 4.79 Å². The lowest BCUT2D eigenvalue weighted by molar-refractivity contribution is -0.135. The summed E-state index contributed by atoms with van der Waals surface area (Å²) in [5, 5.41) is 3.59. The van der Waals surface area contributed by atoms with Crippen molar-refractivity contribution in [3.8, 4) is 0 Å². The molecule has 104 valence electrons. The third-order valence-electron chi connectivity index (χ3n) is 5.13. The molecule has 0 aromatic rings. The van der Waals surface area contributed by atoms with Crippen molar-refractivity contribution in [2.75, 3.05) is 7.05 Å². The van der Waals surface area contributed by atoms with Gasteiger partial charge in [-0.2, -0.15) is 0 Å². The number of carbonyl (C=O) groups is 1. The van der Waals surface area contributed by atoms with E-state index >= 15 is 0 Å². The maximum absolute atomic E-state index is 12.4. The lowest BCUT2D eigenvalue weighted by Gasteiger charge is -2.36. The second-order valence-corrected chi connectivity index (χ2v) is 6.14. The molecule has 1 saturated heterocycles. The third kappa shape index (κ3) is 2.53. The molecule has 1 amide bonds. The highest BCUT2D eigenvalue weighted by molar-refractivity contribution is 5.85. The van der Waals surface area contributed by atoms with E-state index in [9.17, 15) is 4.79 Å². The van der Waals surface area contributed by atoms with Crippen molar-refractivity contribution in [1.29, 1.82) is 0 Å². The van der Waals surface area contributed by atoms with Crippen LogP contribution in [0.15, 0.2) is 0 Å². The summed E-state index contributed by atoms with van der Waals surface area (Å²) in [5.74, 6) is 1.12. The van der Waals surface area contributed by atoms with E-state index in [2.05, 4.69) is 5.32 Å². The average Bonchev–Trinajstić information content (AvgIpc) is 2.68. The molecular weight excluding hydrogens is 248 g/mol. The summed E-state index contributed by atoms with van der Waals surface area (Å²) in [4.78, 5) is 14.4. The summed E-state index contributed by atoms with van der Waals surface area (Å²) in [6.07, 6.45) is 10.1. The first kappa shape index (κ1) is 14.1. The summed E-state index contributed by atoms with van der Waals surface area (Å²) >= 11 is 0. The van der Waals surface area contributed by atoms with Gasteiger partial charge in [0.25, 0.3) is 0 Å². The Hall–Kier alpha value is -0.280. The average molecular weight is 273 g/mol. The summed E-state index contributed by atoms with van der Waals surface area (Å²) in [6, 6.07) is 1.29. The van der Waals surface area contributed by atoms with Crippen LogP contribution in [0.4, 0.5) is 0 Å².